The molecule has 4 heterocycles. The Bertz CT molecular complexity index is 1210. The van der Waals surface area contributed by atoms with E-state index in [4.69, 9.17) is 10.7 Å². The van der Waals surface area contributed by atoms with Crippen LogP contribution in [0.25, 0.3) is 28.0 Å². The fourth-order valence-electron chi connectivity index (χ4n) is 3.76. The van der Waals surface area contributed by atoms with Crippen LogP contribution < -0.4 is 5.73 Å². The molecule has 4 aromatic rings. The zero-order chi connectivity index (χ0) is 20.0. The first-order valence-electron chi connectivity index (χ1n) is 9.60. The number of nitrogens with zero attached hydrogens (tertiary/aromatic N) is 5. The van der Waals surface area contributed by atoms with Crippen LogP contribution in [0.3, 0.4) is 0 Å². The third kappa shape index (κ3) is 2.82. The molecule has 0 aliphatic carbocycles. The van der Waals surface area contributed by atoms with E-state index in [1.54, 1.807) is 15.6 Å². The molecule has 29 heavy (non-hydrogen) atoms. The molecule has 144 valence electrons. The summed E-state index contributed by atoms with van der Waals surface area (Å²) >= 11 is 0. The molecular formula is C22H20N6O. The first-order valence-corrected chi connectivity index (χ1v) is 9.60. The van der Waals surface area contributed by atoms with Crippen molar-refractivity contribution in [2.45, 2.75) is 26.4 Å². The Labute approximate surface area is 167 Å². The topological polar surface area (TPSA) is 89.4 Å². The van der Waals surface area contributed by atoms with Crippen LogP contribution in [0.2, 0.25) is 0 Å². The number of nitrogens with two attached hydrogens (primary N) is 1. The average Bonchev–Trinajstić information content (AvgIpc) is 3.39. The van der Waals surface area contributed by atoms with Gasteiger partial charge in [0.05, 0.1) is 30.7 Å². The maximum absolute atomic E-state index is 12.1. The van der Waals surface area contributed by atoms with Crippen LogP contribution >= 0.6 is 0 Å². The number of pyridine rings is 1. The minimum atomic E-state index is 0.0981. The number of fused-ring (bicyclic) bond motifs is 2. The summed E-state index contributed by atoms with van der Waals surface area (Å²) in [6.07, 6.45) is 4.06. The molecule has 0 atom stereocenters. The van der Waals surface area contributed by atoms with E-state index in [1.807, 2.05) is 55.6 Å². The Hall–Kier alpha value is -3.74. The van der Waals surface area contributed by atoms with E-state index in [9.17, 15) is 4.79 Å². The highest BCUT2D eigenvalue weighted by atomic mass is 16.2. The molecule has 7 heteroatoms. The number of nitrogen functional groups attached to an aromatic ring is 1. The predicted molar refractivity (Wildman–Crippen MR) is 111 cm³/mol. The Kier molecular flexibility index (Phi) is 4.01. The van der Waals surface area contributed by atoms with Crippen molar-refractivity contribution in [2.24, 2.45) is 0 Å². The van der Waals surface area contributed by atoms with Gasteiger partial charge < -0.3 is 10.6 Å². The lowest BCUT2D eigenvalue weighted by atomic mass is 10.1. The van der Waals surface area contributed by atoms with Crippen LogP contribution in [0.5, 0.6) is 0 Å². The second kappa shape index (κ2) is 6.70. The maximum atomic E-state index is 12.1. The largest absolute Gasteiger partial charge is 0.383 e. The summed E-state index contributed by atoms with van der Waals surface area (Å²) in [5.74, 6) is 0.637. The van der Waals surface area contributed by atoms with Gasteiger partial charge in [-0.2, -0.15) is 9.61 Å². The van der Waals surface area contributed by atoms with Gasteiger partial charge in [-0.15, -0.1) is 0 Å². The van der Waals surface area contributed by atoms with Gasteiger partial charge in [-0.3, -0.25) is 9.78 Å². The van der Waals surface area contributed by atoms with E-state index in [0.717, 1.165) is 33.6 Å². The van der Waals surface area contributed by atoms with Gasteiger partial charge in [0.2, 0.25) is 5.91 Å². The molecule has 1 aromatic carbocycles. The van der Waals surface area contributed by atoms with Crippen molar-refractivity contribution in [3.63, 3.8) is 0 Å². The van der Waals surface area contributed by atoms with Gasteiger partial charge in [0, 0.05) is 34.9 Å². The number of rotatable bonds is 3. The first kappa shape index (κ1) is 17.4. The van der Waals surface area contributed by atoms with Crippen molar-refractivity contribution < 1.29 is 4.79 Å². The summed E-state index contributed by atoms with van der Waals surface area (Å²) in [7, 11) is 0. The van der Waals surface area contributed by atoms with Crippen molar-refractivity contribution >= 4 is 17.4 Å². The highest BCUT2D eigenvalue weighted by Crippen LogP contribution is 2.32. The van der Waals surface area contributed by atoms with Crippen molar-refractivity contribution in [2.75, 3.05) is 5.73 Å². The molecule has 0 spiro atoms. The molecule has 0 saturated heterocycles. The summed E-state index contributed by atoms with van der Waals surface area (Å²) in [4.78, 5) is 23.3. The van der Waals surface area contributed by atoms with Crippen molar-refractivity contribution in [1.82, 2.24) is 24.5 Å². The van der Waals surface area contributed by atoms with E-state index in [-0.39, 0.29) is 5.91 Å². The lowest BCUT2D eigenvalue weighted by Crippen LogP contribution is -2.24. The third-order valence-corrected chi connectivity index (χ3v) is 5.36. The van der Waals surface area contributed by atoms with Crippen LogP contribution in [0.15, 0.2) is 54.9 Å². The molecule has 0 fully saturated rings. The van der Waals surface area contributed by atoms with E-state index in [0.29, 0.717) is 31.0 Å². The highest BCUT2D eigenvalue weighted by molar-refractivity contribution is 5.80. The average molecular weight is 384 g/mol. The lowest BCUT2D eigenvalue weighted by molar-refractivity contribution is -0.131. The number of aromatic nitrogens is 4. The van der Waals surface area contributed by atoms with Crippen LogP contribution in [0.1, 0.15) is 24.6 Å². The number of carbonyl (C=O) groups is 1. The van der Waals surface area contributed by atoms with Gasteiger partial charge in [-0.1, -0.05) is 43.3 Å². The van der Waals surface area contributed by atoms with Gasteiger partial charge in [0.15, 0.2) is 5.65 Å². The summed E-state index contributed by atoms with van der Waals surface area (Å²) in [5, 5.41) is 4.44. The maximum Gasteiger partial charge on any atom is 0.222 e. The smallest absolute Gasteiger partial charge is 0.222 e. The number of hydrogen-bond acceptors (Lipinski definition) is 5. The van der Waals surface area contributed by atoms with Gasteiger partial charge in [0.1, 0.15) is 5.82 Å². The minimum Gasteiger partial charge on any atom is -0.383 e. The van der Waals surface area contributed by atoms with Gasteiger partial charge in [-0.05, 0) is 6.07 Å². The number of hydrogen-bond donors (Lipinski definition) is 1. The molecule has 5 rings (SSSR count). The Balaban J connectivity index is 1.54. The molecule has 0 radical (unpaired) electrons. The van der Waals surface area contributed by atoms with Crippen molar-refractivity contribution in [1.29, 1.82) is 0 Å². The summed E-state index contributed by atoms with van der Waals surface area (Å²) in [5.41, 5.74) is 12.5. The zero-order valence-corrected chi connectivity index (χ0v) is 16.0. The molecule has 7 nitrogen and oxygen atoms in total. The SMILES string of the molecule is CCC(=O)N1Cc2nc3c(-c4ccc(-c5ccccc5)nc4)cnn3c(N)c2C1. The fourth-order valence-corrected chi connectivity index (χ4v) is 3.76. The lowest BCUT2D eigenvalue weighted by Gasteiger charge is -2.13. The molecular weight excluding hydrogens is 364 g/mol. The monoisotopic (exact) mass is 384 g/mol. The van der Waals surface area contributed by atoms with Gasteiger partial charge in [-0.25, -0.2) is 4.98 Å². The fraction of sp³-hybridized carbons (Fsp3) is 0.182. The van der Waals surface area contributed by atoms with Crippen LogP contribution in [-0.2, 0) is 17.9 Å². The number of anilines is 1. The van der Waals surface area contributed by atoms with Gasteiger partial charge in [0.25, 0.3) is 0 Å². The molecule has 1 aliphatic rings. The second-order valence-corrected chi connectivity index (χ2v) is 7.12. The van der Waals surface area contributed by atoms with Crippen LogP contribution in [0.4, 0.5) is 5.82 Å². The molecule has 0 unspecified atom stereocenters. The number of amides is 1. The molecule has 0 bridgehead atoms. The zero-order valence-electron chi connectivity index (χ0n) is 16.0. The third-order valence-electron chi connectivity index (χ3n) is 5.36. The van der Waals surface area contributed by atoms with E-state index in [2.05, 4.69) is 10.1 Å². The molecule has 1 aliphatic heterocycles. The predicted octanol–water partition coefficient (Wildman–Crippen LogP) is 3.29. The standard InChI is InChI=1S/C22H20N6O/c1-2-20(29)27-12-17-19(13-27)26-22-16(11-25-28(22)21(17)23)15-8-9-18(24-10-15)14-6-4-3-5-7-14/h3-11H,2,12-13,23H2,1H3. The minimum absolute atomic E-state index is 0.0981. The summed E-state index contributed by atoms with van der Waals surface area (Å²) in [6, 6.07) is 14.1. The van der Waals surface area contributed by atoms with E-state index in [1.165, 1.54) is 0 Å². The highest BCUT2D eigenvalue weighted by Gasteiger charge is 2.28. The first-order chi connectivity index (χ1) is 14.2. The Morgan fingerprint density at radius 1 is 1.07 bits per heavy atom. The van der Waals surface area contributed by atoms with Crippen molar-refractivity contribution in [3.05, 3.63) is 66.1 Å². The molecule has 1 amide bonds. The normalized spacial score (nSPS) is 13.1. The Morgan fingerprint density at radius 3 is 2.62 bits per heavy atom. The summed E-state index contributed by atoms with van der Waals surface area (Å²) < 4.78 is 1.65. The van der Waals surface area contributed by atoms with Crippen LogP contribution in [-0.4, -0.2) is 30.4 Å². The van der Waals surface area contributed by atoms with Crippen molar-refractivity contribution in [3.8, 4) is 22.4 Å². The Morgan fingerprint density at radius 2 is 1.90 bits per heavy atom. The number of carbonyl (C=O) groups excluding carboxylic acids is 1. The summed E-state index contributed by atoms with van der Waals surface area (Å²) in [6.45, 7) is 2.83. The van der Waals surface area contributed by atoms with E-state index < -0.39 is 0 Å². The molecule has 3 aromatic heterocycles. The molecule has 0 saturated carbocycles. The molecule has 2 N–H and O–H groups in total. The quantitative estimate of drug-likeness (QED) is 0.585. The van der Waals surface area contributed by atoms with Crippen LogP contribution in [0, 0.1) is 0 Å². The number of benzene rings is 1. The second-order valence-electron chi connectivity index (χ2n) is 7.12. The van der Waals surface area contributed by atoms with Gasteiger partial charge >= 0.3 is 0 Å². The van der Waals surface area contributed by atoms with E-state index >= 15 is 0 Å².